The summed E-state index contributed by atoms with van der Waals surface area (Å²) in [6.45, 7) is 0.158. The summed E-state index contributed by atoms with van der Waals surface area (Å²) in [6.07, 6.45) is 0. The number of ether oxygens (including phenoxy) is 1. The van der Waals surface area contributed by atoms with Gasteiger partial charge in [-0.2, -0.15) is 0 Å². The lowest BCUT2D eigenvalue weighted by Crippen LogP contribution is -2.10. The summed E-state index contributed by atoms with van der Waals surface area (Å²) in [5.41, 5.74) is 2.32. The number of carbonyl (C=O) groups is 1. The zero-order valence-corrected chi connectivity index (χ0v) is 16.4. The highest BCUT2D eigenvalue weighted by molar-refractivity contribution is 9.10. The fourth-order valence-electron chi connectivity index (χ4n) is 3.03. The van der Waals surface area contributed by atoms with Gasteiger partial charge in [-0.1, -0.05) is 23.7 Å². The maximum atomic E-state index is 14.4. The number of aromatic nitrogens is 2. The van der Waals surface area contributed by atoms with Gasteiger partial charge in [0, 0.05) is 16.1 Å². The predicted octanol–water partition coefficient (Wildman–Crippen LogP) is 4.56. The molecule has 0 saturated carbocycles. The van der Waals surface area contributed by atoms with Crippen molar-refractivity contribution < 1.29 is 13.9 Å². The number of methoxy groups -OCH3 is 1. The van der Waals surface area contributed by atoms with Crippen molar-refractivity contribution in [3.05, 3.63) is 80.6 Å². The molecule has 4 rings (SSSR count). The zero-order chi connectivity index (χ0) is 19.1. The Hall–Kier alpha value is -2.51. The van der Waals surface area contributed by atoms with E-state index in [-0.39, 0.29) is 18.1 Å². The standard InChI is InChI=1S/C19H12BrClFN3O2/c1-27-19(26)17-18(20)25-14-7-6-10(21)8-12(14)16(23-9-15(25)24-17)11-4-2-3-5-13(11)22/h2-8H,9H2,1H3. The third-order valence-electron chi connectivity index (χ3n) is 4.23. The van der Waals surface area contributed by atoms with Crippen LogP contribution in [0.1, 0.15) is 27.4 Å². The van der Waals surface area contributed by atoms with E-state index in [2.05, 4.69) is 25.9 Å². The van der Waals surface area contributed by atoms with E-state index >= 15 is 0 Å². The first kappa shape index (κ1) is 17.9. The summed E-state index contributed by atoms with van der Waals surface area (Å²) >= 11 is 9.64. The van der Waals surface area contributed by atoms with Crippen molar-refractivity contribution in [1.29, 1.82) is 0 Å². The molecule has 5 nitrogen and oxygen atoms in total. The van der Waals surface area contributed by atoms with Gasteiger partial charge in [-0.05, 0) is 46.3 Å². The van der Waals surface area contributed by atoms with Crippen LogP contribution in [0.15, 0.2) is 52.1 Å². The maximum Gasteiger partial charge on any atom is 0.359 e. The molecular formula is C19H12BrClFN3O2. The second kappa shape index (κ2) is 6.90. The van der Waals surface area contributed by atoms with Crippen molar-refractivity contribution in [3.63, 3.8) is 0 Å². The van der Waals surface area contributed by atoms with Gasteiger partial charge in [-0.3, -0.25) is 9.56 Å². The molecule has 0 spiro atoms. The molecule has 2 heterocycles. The number of esters is 1. The zero-order valence-electron chi connectivity index (χ0n) is 14.0. The molecule has 0 N–H and O–H groups in total. The van der Waals surface area contributed by atoms with Gasteiger partial charge in [0.15, 0.2) is 5.69 Å². The molecule has 0 radical (unpaired) electrons. The molecule has 0 amide bonds. The fraction of sp³-hybridized carbons (Fsp3) is 0.105. The van der Waals surface area contributed by atoms with Gasteiger partial charge >= 0.3 is 5.97 Å². The number of hydrogen-bond acceptors (Lipinski definition) is 4. The highest BCUT2D eigenvalue weighted by Crippen LogP contribution is 2.32. The van der Waals surface area contributed by atoms with Crippen molar-refractivity contribution in [2.45, 2.75) is 6.54 Å². The average Bonchev–Trinajstić information content (AvgIpc) is 2.90. The molecule has 0 bridgehead atoms. The van der Waals surface area contributed by atoms with Crippen molar-refractivity contribution in [2.75, 3.05) is 7.11 Å². The van der Waals surface area contributed by atoms with E-state index in [9.17, 15) is 9.18 Å². The minimum atomic E-state index is -0.559. The van der Waals surface area contributed by atoms with Crippen molar-refractivity contribution in [3.8, 4) is 5.69 Å². The Morgan fingerprint density at radius 2 is 2.04 bits per heavy atom. The van der Waals surface area contributed by atoms with Crippen LogP contribution in [0.5, 0.6) is 0 Å². The van der Waals surface area contributed by atoms with Crippen LogP contribution in [0.25, 0.3) is 5.69 Å². The molecule has 0 fully saturated rings. The number of imidazole rings is 1. The number of carbonyl (C=O) groups excluding carboxylic acids is 1. The van der Waals surface area contributed by atoms with E-state index in [0.29, 0.717) is 38.0 Å². The molecule has 0 saturated heterocycles. The maximum absolute atomic E-state index is 14.4. The van der Waals surface area contributed by atoms with Crippen LogP contribution in [0.2, 0.25) is 5.02 Å². The molecule has 0 atom stereocenters. The van der Waals surface area contributed by atoms with Gasteiger partial charge < -0.3 is 4.74 Å². The van der Waals surface area contributed by atoms with Gasteiger partial charge in [0.05, 0.1) is 25.1 Å². The SMILES string of the molecule is COC(=O)c1nc2n(c1Br)-c1ccc(Cl)cc1C(c1ccccc1F)=NC2. The average molecular weight is 449 g/mol. The van der Waals surface area contributed by atoms with E-state index in [1.807, 2.05) is 0 Å². The quantitative estimate of drug-likeness (QED) is 0.540. The van der Waals surface area contributed by atoms with E-state index in [0.717, 1.165) is 0 Å². The van der Waals surface area contributed by atoms with E-state index in [1.165, 1.54) is 13.2 Å². The summed E-state index contributed by atoms with van der Waals surface area (Å²) in [5, 5.41) is 0.491. The fourth-order valence-corrected chi connectivity index (χ4v) is 3.85. The molecule has 136 valence electrons. The van der Waals surface area contributed by atoms with Crippen LogP contribution in [0.3, 0.4) is 0 Å². The number of halogens is 3. The van der Waals surface area contributed by atoms with Crippen LogP contribution in [-0.4, -0.2) is 28.3 Å². The lowest BCUT2D eigenvalue weighted by Gasteiger charge is -2.13. The molecule has 0 unspecified atom stereocenters. The largest absolute Gasteiger partial charge is 0.464 e. The molecular weight excluding hydrogens is 437 g/mol. The second-order valence-corrected chi connectivity index (χ2v) is 6.99. The van der Waals surface area contributed by atoms with Crippen molar-refractivity contribution in [1.82, 2.24) is 9.55 Å². The molecule has 3 aromatic rings. The lowest BCUT2D eigenvalue weighted by molar-refractivity contribution is 0.0593. The van der Waals surface area contributed by atoms with Gasteiger partial charge in [0.2, 0.25) is 0 Å². The predicted molar refractivity (Wildman–Crippen MR) is 103 cm³/mol. The monoisotopic (exact) mass is 447 g/mol. The molecule has 1 aliphatic heterocycles. The van der Waals surface area contributed by atoms with Crippen LogP contribution >= 0.6 is 27.5 Å². The van der Waals surface area contributed by atoms with Crippen molar-refractivity contribution in [2.24, 2.45) is 4.99 Å². The highest BCUT2D eigenvalue weighted by atomic mass is 79.9. The lowest BCUT2D eigenvalue weighted by atomic mass is 10.00. The van der Waals surface area contributed by atoms with E-state index < -0.39 is 5.97 Å². The number of rotatable bonds is 2. The first-order chi connectivity index (χ1) is 13.0. The molecule has 2 aromatic carbocycles. The van der Waals surface area contributed by atoms with Gasteiger partial charge in [0.25, 0.3) is 0 Å². The first-order valence-corrected chi connectivity index (χ1v) is 9.13. The van der Waals surface area contributed by atoms with Gasteiger partial charge in [0.1, 0.15) is 16.2 Å². The first-order valence-electron chi connectivity index (χ1n) is 7.96. The Balaban J connectivity index is 1.99. The van der Waals surface area contributed by atoms with Gasteiger partial charge in [-0.25, -0.2) is 14.2 Å². The molecule has 27 heavy (non-hydrogen) atoms. The van der Waals surface area contributed by atoms with Crippen LogP contribution in [-0.2, 0) is 11.3 Å². The Morgan fingerprint density at radius 1 is 1.26 bits per heavy atom. The highest BCUT2D eigenvalue weighted by Gasteiger charge is 2.27. The van der Waals surface area contributed by atoms with Crippen LogP contribution < -0.4 is 0 Å². The van der Waals surface area contributed by atoms with Crippen LogP contribution in [0, 0.1) is 5.82 Å². The minimum absolute atomic E-state index is 0.151. The van der Waals surface area contributed by atoms with E-state index in [1.54, 1.807) is 41.0 Å². The smallest absolute Gasteiger partial charge is 0.359 e. The number of nitrogens with zero attached hydrogens (tertiary/aromatic N) is 3. The number of aliphatic imine (C=N–C) groups is 1. The Morgan fingerprint density at radius 3 is 2.78 bits per heavy atom. The number of benzene rings is 2. The molecule has 1 aromatic heterocycles. The third kappa shape index (κ3) is 2.96. The van der Waals surface area contributed by atoms with E-state index in [4.69, 9.17) is 16.3 Å². The van der Waals surface area contributed by atoms with Crippen molar-refractivity contribution >= 4 is 39.2 Å². The van der Waals surface area contributed by atoms with Crippen LogP contribution in [0.4, 0.5) is 4.39 Å². The molecule has 0 aliphatic carbocycles. The summed E-state index contributed by atoms with van der Waals surface area (Å²) in [4.78, 5) is 20.9. The summed E-state index contributed by atoms with van der Waals surface area (Å²) in [5.74, 6) is -0.413. The minimum Gasteiger partial charge on any atom is -0.464 e. The number of fused-ring (bicyclic) bond motifs is 3. The topological polar surface area (TPSA) is 56.5 Å². The molecule has 8 heteroatoms. The summed E-state index contributed by atoms with van der Waals surface area (Å²) < 4.78 is 21.4. The third-order valence-corrected chi connectivity index (χ3v) is 5.20. The Bertz CT molecular complexity index is 1110. The Labute approximate surface area is 167 Å². The summed E-state index contributed by atoms with van der Waals surface area (Å²) in [6, 6.07) is 11.7. The normalized spacial score (nSPS) is 12.7. The summed E-state index contributed by atoms with van der Waals surface area (Å²) in [7, 11) is 1.29. The number of hydrogen-bond donors (Lipinski definition) is 0. The Kier molecular flexibility index (Phi) is 4.57. The molecule has 1 aliphatic rings. The second-order valence-electron chi connectivity index (χ2n) is 5.80. The van der Waals surface area contributed by atoms with Gasteiger partial charge in [-0.15, -0.1) is 0 Å².